The van der Waals surface area contributed by atoms with Gasteiger partial charge >= 0.3 is 0 Å². The molecule has 29 heavy (non-hydrogen) atoms. The van der Waals surface area contributed by atoms with Crippen LogP contribution in [0.1, 0.15) is 78.9 Å². The van der Waals surface area contributed by atoms with Gasteiger partial charge in [0.25, 0.3) is 0 Å². The second-order valence-corrected chi connectivity index (χ2v) is 8.85. The molecule has 2 heteroatoms. The number of hydrogen-bond acceptors (Lipinski definition) is 1. The second kappa shape index (κ2) is 6.52. The highest BCUT2D eigenvalue weighted by molar-refractivity contribution is 5.88. The van der Waals surface area contributed by atoms with Crippen LogP contribution in [0.15, 0.2) is 42.6 Å². The lowest BCUT2D eigenvalue weighted by Crippen LogP contribution is -2.32. The van der Waals surface area contributed by atoms with Crippen molar-refractivity contribution in [2.24, 2.45) is 7.05 Å². The van der Waals surface area contributed by atoms with Crippen molar-refractivity contribution in [2.45, 2.75) is 64.6 Å². The molecule has 1 saturated carbocycles. The predicted octanol–water partition coefficient (Wildman–Crippen LogP) is 6.15. The zero-order chi connectivity index (χ0) is 23.8. The molecule has 2 heterocycles. The van der Waals surface area contributed by atoms with E-state index in [9.17, 15) is 0 Å². The molecule has 1 fully saturated rings. The molecule has 3 aromatic rings. The van der Waals surface area contributed by atoms with E-state index in [1.54, 1.807) is 6.07 Å². The number of nitrogens with zero attached hydrogens (tertiary/aromatic N) is 2. The van der Waals surface area contributed by atoms with Gasteiger partial charge in [0, 0.05) is 34.3 Å². The summed E-state index contributed by atoms with van der Waals surface area (Å²) in [6.45, 7) is 3.27. The van der Waals surface area contributed by atoms with Gasteiger partial charge in [-0.2, -0.15) is 0 Å². The number of fused-ring (bicyclic) bond motifs is 5. The predicted molar refractivity (Wildman–Crippen MR) is 119 cm³/mol. The molecule has 2 aliphatic rings. The van der Waals surface area contributed by atoms with E-state index < -0.39 is 12.7 Å². The third-order valence-electron chi connectivity index (χ3n) is 6.97. The number of aryl methyl sites for hydroxylation is 3. The Balaban J connectivity index is 1.82. The Morgan fingerprint density at radius 3 is 2.62 bits per heavy atom. The number of benzene rings is 1. The van der Waals surface area contributed by atoms with Crippen LogP contribution in [0.5, 0.6) is 0 Å². The van der Waals surface area contributed by atoms with Crippen molar-refractivity contribution in [2.75, 3.05) is 0 Å². The van der Waals surface area contributed by atoms with E-state index in [1.807, 2.05) is 19.3 Å². The zero-order valence-electron chi connectivity index (χ0n) is 21.8. The van der Waals surface area contributed by atoms with Gasteiger partial charge in [0.15, 0.2) is 6.20 Å². The highest BCUT2D eigenvalue weighted by Gasteiger charge is 2.49. The summed E-state index contributed by atoms with van der Waals surface area (Å²) < 4.78 is 34.5. The molecule has 2 nitrogen and oxygen atoms in total. The fourth-order valence-electron chi connectivity index (χ4n) is 5.53. The van der Waals surface area contributed by atoms with E-state index in [0.717, 1.165) is 35.4 Å². The van der Waals surface area contributed by atoms with Crippen molar-refractivity contribution in [3.63, 3.8) is 0 Å². The monoisotopic (exact) mass is 387 g/mol. The summed E-state index contributed by atoms with van der Waals surface area (Å²) in [5, 5.41) is 0. The zero-order valence-corrected chi connectivity index (χ0v) is 17.8. The average molecular weight is 388 g/mol. The Bertz CT molecular complexity index is 1270. The van der Waals surface area contributed by atoms with Crippen LogP contribution >= 0.6 is 0 Å². The first-order chi connectivity index (χ1) is 15.5. The minimum Gasteiger partial charge on any atom is -0.257 e. The van der Waals surface area contributed by atoms with Crippen molar-refractivity contribution in [1.29, 1.82) is 0 Å². The second-order valence-electron chi connectivity index (χ2n) is 8.85. The van der Waals surface area contributed by atoms with Crippen LogP contribution in [0.3, 0.4) is 0 Å². The molecule has 2 aromatic heterocycles. The SMILES string of the molecule is [2H]C([2H])([2H])C([2H])(C)c1cc[n+](C)c(-c2c(C)ccc3c2C2(CCCC2)c2nc(C)ccc2-3)c1. The maximum atomic E-state index is 8.66. The Labute approximate surface area is 180 Å². The number of aromatic nitrogens is 2. The molecule has 1 unspecified atom stereocenters. The normalized spacial score (nSPS) is 21.0. The summed E-state index contributed by atoms with van der Waals surface area (Å²) in [6, 6.07) is 12.4. The summed E-state index contributed by atoms with van der Waals surface area (Å²) in [4.78, 5) is 5.07. The molecule has 0 aliphatic heterocycles. The maximum absolute atomic E-state index is 8.66. The van der Waals surface area contributed by atoms with Gasteiger partial charge in [0.1, 0.15) is 7.05 Å². The van der Waals surface area contributed by atoms with Gasteiger partial charge in [0.05, 0.1) is 11.3 Å². The Hall–Kier alpha value is -2.48. The first-order valence-electron chi connectivity index (χ1n) is 12.6. The summed E-state index contributed by atoms with van der Waals surface area (Å²) in [7, 11) is 2.00. The quantitative estimate of drug-likeness (QED) is 0.482. The van der Waals surface area contributed by atoms with E-state index >= 15 is 0 Å². The van der Waals surface area contributed by atoms with Crippen molar-refractivity contribution in [1.82, 2.24) is 4.98 Å². The van der Waals surface area contributed by atoms with Gasteiger partial charge in [-0.3, -0.25) is 4.98 Å². The molecule has 0 radical (unpaired) electrons. The molecular weight excluding hydrogens is 352 g/mol. The summed E-state index contributed by atoms with van der Waals surface area (Å²) in [6.07, 6.45) is 6.41. The van der Waals surface area contributed by atoms with Gasteiger partial charge in [-0.1, -0.05) is 44.8 Å². The summed E-state index contributed by atoms with van der Waals surface area (Å²) in [5.74, 6) is -1.69. The van der Waals surface area contributed by atoms with E-state index in [1.165, 1.54) is 42.1 Å². The molecule has 0 bridgehead atoms. The van der Waals surface area contributed by atoms with Gasteiger partial charge in [0.2, 0.25) is 5.69 Å². The topological polar surface area (TPSA) is 16.8 Å². The van der Waals surface area contributed by atoms with E-state index in [0.29, 0.717) is 5.56 Å². The molecule has 5 rings (SSSR count). The standard InChI is InChI=1S/C27H31N2/c1-17(2)20-12-15-29(5)23(16-20)24-18(3)8-10-21-22-11-9-19(4)28-26(22)27(25(21)24)13-6-7-14-27/h8-12,15-17H,6-7,13-14H2,1-5H3/q+1/i1D3,17D. The van der Waals surface area contributed by atoms with Crippen LogP contribution in [-0.4, -0.2) is 4.98 Å². The molecule has 0 saturated heterocycles. The summed E-state index contributed by atoms with van der Waals surface area (Å²) in [5.41, 5.74) is 9.75. The van der Waals surface area contributed by atoms with Crippen molar-refractivity contribution in [3.05, 3.63) is 70.7 Å². The smallest absolute Gasteiger partial charge is 0.213 e. The molecule has 1 atom stereocenters. The lowest BCUT2D eigenvalue weighted by molar-refractivity contribution is -0.660. The van der Waals surface area contributed by atoms with Crippen LogP contribution in [-0.2, 0) is 12.5 Å². The third kappa shape index (κ3) is 2.61. The largest absolute Gasteiger partial charge is 0.257 e. The van der Waals surface area contributed by atoms with Crippen LogP contribution < -0.4 is 4.57 Å². The van der Waals surface area contributed by atoms with Crippen LogP contribution in [0.25, 0.3) is 22.4 Å². The maximum Gasteiger partial charge on any atom is 0.213 e. The van der Waals surface area contributed by atoms with Gasteiger partial charge < -0.3 is 0 Å². The lowest BCUT2D eigenvalue weighted by atomic mass is 9.75. The number of pyridine rings is 2. The molecule has 2 aliphatic carbocycles. The van der Waals surface area contributed by atoms with Crippen LogP contribution in [0.4, 0.5) is 0 Å². The minimum atomic E-state index is -2.41. The highest BCUT2D eigenvalue weighted by atomic mass is 14.9. The first kappa shape index (κ1) is 14.5. The Morgan fingerprint density at radius 2 is 1.86 bits per heavy atom. The minimum absolute atomic E-state index is 0.102. The van der Waals surface area contributed by atoms with E-state index in [-0.39, 0.29) is 5.41 Å². The Morgan fingerprint density at radius 1 is 1.10 bits per heavy atom. The van der Waals surface area contributed by atoms with Crippen LogP contribution in [0.2, 0.25) is 0 Å². The van der Waals surface area contributed by atoms with Crippen molar-refractivity contribution < 1.29 is 10.1 Å². The fraction of sp³-hybridized carbons (Fsp3) is 0.407. The third-order valence-corrected chi connectivity index (χ3v) is 6.97. The van der Waals surface area contributed by atoms with Gasteiger partial charge in [-0.25, -0.2) is 4.57 Å². The lowest BCUT2D eigenvalue weighted by Gasteiger charge is -2.28. The molecule has 1 spiro atoms. The van der Waals surface area contributed by atoms with Crippen molar-refractivity contribution in [3.8, 4) is 22.4 Å². The molecule has 1 aromatic carbocycles. The molecule has 0 N–H and O–H groups in total. The van der Waals surface area contributed by atoms with Crippen LogP contribution in [0, 0.1) is 13.8 Å². The molecule has 148 valence electrons. The van der Waals surface area contributed by atoms with Gasteiger partial charge in [-0.05, 0) is 60.9 Å². The van der Waals surface area contributed by atoms with E-state index in [2.05, 4.69) is 42.7 Å². The number of hydrogen-bond donors (Lipinski definition) is 0. The first-order valence-corrected chi connectivity index (χ1v) is 10.6. The molecule has 0 amide bonds. The fourth-order valence-corrected chi connectivity index (χ4v) is 5.53. The van der Waals surface area contributed by atoms with Crippen molar-refractivity contribution >= 4 is 0 Å². The highest BCUT2D eigenvalue weighted by Crippen LogP contribution is 2.58. The summed E-state index contributed by atoms with van der Waals surface area (Å²) >= 11 is 0. The van der Waals surface area contributed by atoms with Gasteiger partial charge in [-0.15, -0.1) is 0 Å². The Kier molecular flexibility index (Phi) is 3.26. The number of rotatable bonds is 2. The average Bonchev–Trinajstić information content (AvgIpc) is 3.33. The molecular formula is C27H31N2+. The van der Waals surface area contributed by atoms with E-state index in [4.69, 9.17) is 10.5 Å².